The van der Waals surface area contributed by atoms with Gasteiger partial charge >= 0.3 is 6.36 Å². The van der Waals surface area contributed by atoms with Crippen molar-refractivity contribution in [1.82, 2.24) is 4.90 Å². The van der Waals surface area contributed by atoms with Crippen LogP contribution in [0.25, 0.3) is 0 Å². The third-order valence-electron chi connectivity index (χ3n) is 3.56. The van der Waals surface area contributed by atoms with Crippen LogP contribution in [-0.4, -0.2) is 56.1 Å². The van der Waals surface area contributed by atoms with Crippen LogP contribution in [0.2, 0.25) is 0 Å². The number of hydrogen-bond donors (Lipinski definition) is 2. The standard InChI is InChI=1S/C15H21F3N4O2/c1-11(22-6-8-23-9-7-22)10-20-14(19)21-12-2-4-13(5-3-12)24-15(16,17)18/h2-5,11H,6-10H2,1H3,(H3,19,20,21). The van der Waals surface area contributed by atoms with Crippen LogP contribution in [0.15, 0.2) is 29.3 Å². The molecule has 0 amide bonds. The number of morpholine rings is 1. The van der Waals surface area contributed by atoms with Crippen LogP contribution in [0.4, 0.5) is 18.9 Å². The molecule has 0 bridgehead atoms. The number of nitrogens with two attached hydrogens (primary N) is 1. The molecule has 0 aliphatic carbocycles. The van der Waals surface area contributed by atoms with Crippen molar-refractivity contribution in [3.8, 4) is 5.75 Å². The first-order valence-corrected chi connectivity index (χ1v) is 7.58. The van der Waals surface area contributed by atoms with Gasteiger partial charge in [0.05, 0.1) is 19.8 Å². The second-order valence-corrected chi connectivity index (χ2v) is 5.42. The third kappa shape index (κ3) is 6.25. The molecule has 6 nitrogen and oxygen atoms in total. The first-order chi connectivity index (χ1) is 11.3. The summed E-state index contributed by atoms with van der Waals surface area (Å²) in [5.41, 5.74) is 6.34. The number of nitrogens with zero attached hydrogens (tertiary/aromatic N) is 2. The lowest BCUT2D eigenvalue weighted by Crippen LogP contribution is -2.43. The molecule has 24 heavy (non-hydrogen) atoms. The molecular formula is C15H21F3N4O2. The van der Waals surface area contributed by atoms with Crippen LogP contribution < -0.4 is 15.8 Å². The van der Waals surface area contributed by atoms with E-state index in [9.17, 15) is 13.2 Å². The molecule has 1 atom stereocenters. The minimum absolute atomic E-state index is 0.208. The Bertz CT molecular complexity index is 543. The van der Waals surface area contributed by atoms with Gasteiger partial charge in [-0.2, -0.15) is 0 Å². The zero-order valence-corrected chi connectivity index (χ0v) is 13.3. The molecule has 1 aromatic rings. The Balaban J connectivity index is 1.83. The number of aliphatic imine (C=N–C) groups is 1. The minimum Gasteiger partial charge on any atom is -0.406 e. The molecule has 1 fully saturated rings. The number of rotatable bonds is 5. The minimum atomic E-state index is -4.70. The molecule has 0 saturated carbocycles. The zero-order chi connectivity index (χ0) is 17.6. The van der Waals surface area contributed by atoms with Crippen molar-refractivity contribution in [2.75, 3.05) is 38.2 Å². The van der Waals surface area contributed by atoms with E-state index in [1.165, 1.54) is 24.3 Å². The van der Waals surface area contributed by atoms with E-state index in [-0.39, 0.29) is 17.8 Å². The molecule has 9 heteroatoms. The maximum atomic E-state index is 12.1. The third-order valence-corrected chi connectivity index (χ3v) is 3.56. The predicted octanol–water partition coefficient (Wildman–Crippen LogP) is 2.03. The first-order valence-electron chi connectivity index (χ1n) is 7.58. The van der Waals surface area contributed by atoms with Crippen molar-refractivity contribution in [3.63, 3.8) is 0 Å². The van der Waals surface area contributed by atoms with Crippen molar-refractivity contribution in [2.45, 2.75) is 19.3 Å². The average Bonchev–Trinajstić information content (AvgIpc) is 2.54. The highest BCUT2D eigenvalue weighted by atomic mass is 19.4. The lowest BCUT2D eigenvalue weighted by molar-refractivity contribution is -0.274. The summed E-state index contributed by atoms with van der Waals surface area (Å²) in [6.07, 6.45) is -4.70. The van der Waals surface area contributed by atoms with Crippen LogP contribution in [0.5, 0.6) is 5.75 Å². The van der Waals surface area contributed by atoms with Crippen molar-refractivity contribution < 1.29 is 22.6 Å². The predicted molar refractivity (Wildman–Crippen MR) is 85.1 cm³/mol. The summed E-state index contributed by atoms with van der Waals surface area (Å²) in [6.45, 7) is 5.75. The van der Waals surface area contributed by atoms with Gasteiger partial charge in [-0.1, -0.05) is 0 Å². The van der Waals surface area contributed by atoms with E-state index in [1.807, 2.05) is 0 Å². The lowest BCUT2D eigenvalue weighted by Gasteiger charge is -2.31. The Kier molecular flexibility index (Phi) is 6.27. The molecule has 134 valence electrons. The maximum absolute atomic E-state index is 12.1. The second kappa shape index (κ2) is 8.20. The summed E-state index contributed by atoms with van der Waals surface area (Å²) >= 11 is 0. The van der Waals surface area contributed by atoms with Gasteiger partial charge in [-0.05, 0) is 31.2 Å². The molecule has 0 radical (unpaired) electrons. The van der Waals surface area contributed by atoms with E-state index in [4.69, 9.17) is 10.5 Å². The van der Waals surface area contributed by atoms with Crippen molar-refractivity contribution in [3.05, 3.63) is 24.3 Å². The van der Waals surface area contributed by atoms with Gasteiger partial charge in [0, 0.05) is 24.8 Å². The van der Waals surface area contributed by atoms with Gasteiger partial charge in [0.15, 0.2) is 5.96 Å². The lowest BCUT2D eigenvalue weighted by atomic mass is 10.2. The fraction of sp³-hybridized carbons (Fsp3) is 0.533. The Labute approximate surface area is 138 Å². The Morgan fingerprint density at radius 1 is 1.33 bits per heavy atom. The number of nitrogens with one attached hydrogen (secondary N) is 1. The summed E-state index contributed by atoms with van der Waals surface area (Å²) in [7, 11) is 0. The number of alkyl halides is 3. The number of guanidine groups is 1. The fourth-order valence-electron chi connectivity index (χ4n) is 2.29. The van der Waals surface area contributed by atoms with E-state index in [0.29, 0.717) is 25.4 Å². The molecule has 1 unspecified atom stereocenters. The van der Waals surface area contributed by atoms with Gasteiger partial charge in [0.1, 0.15) is 5.75 Å². The molecule has 3 N–H and O–H groups in total. The highest BCUT2D eigenvalue weighted by Gasteiger charge is 2.30. The largest absolute Gasteiger partial charge is 0.573 e. The second-order valence-electron chi connectivity index (χ2n) is 5.42. The summed E-state index contributed by atoms with van der Waals surface area (Å²) in [5, 5.41) is 2.84. The number of anilines is 1. The molecule has 1 aliphatic heterocycles. The zero-order valence-electron chi connectivity index (χ0n) is 13.3. The van der Waals surface area contributed by atoms with Crippen LogP contribution in [0.1, 0.15) is 6.92 Å². The van der Waals surface area contributed by atoms with E-state index in [2.05, 4.69) is 26.9 Å². The quantitative estimate of drug-likeness (QED) is 0.631. The summed E-state index contributed by atoms with van der Waals surface area (Å²) < 4.78 is 45.4. The fourth-order valence-corrected chi connectivity index (χ4v) is 2.29. The van der Waals surface area contributed by atoms with Crippen molar-refractivity contribution in [1.29, 1.82) is 0 Å². The summed E-state index contributed by atoms with van der Waals surface area (Å²) in [6, 6.07) is 5.53. The first kappa shape index (κ1) is 18.3. The molecular weight excluding hydrogens is 325 g/mol. The Morgan fingerprint density at radius 2 is 1.96 bits per heavy atom. The highest BCUT2D eigenvalue weighted by Crippen LogP contribution is 2.23. The highest BCUT2D eigenvalue weighted by molar-refractivity contribution is 5.92. The Morgan fingerprint density at radius 3 is 2.54 bits per heavy atom. The molecule has 1 saturated heterocycles. The van der Waals surface area contributed by atoms with Gasteiger partial charge < -0.3 is 20.5 Å². The molecule has 2 rings (SSSR count). The summed E-state index contributed by atoms with van der Waals surface area (Å²) in [4.78, 5) is 6.53. The van der Waals surface area contributed by atoms with Crippen LogP contribution in [-0.2, 0) is 4.74 Å². The van der Waals surface area contributed by atoms with E-state index in [0.717, 1.165) is 13.1 Å². The molecule has 1 aliphatic rings. The summed E-state index contributed by atoms with van der Waals surface area (Å²) in [5.74, 6) is -0.0795. The van der Waals surface area contributed by atoms with E-state index < -0.39 is 6.36 Å². The van der Waals surface area contributed by atoms with Gasteiger partial charge in [0.25, 0.3) is 0 Å². The molecule has 1 aromatic carbocycles. The maximum Gasteiger partial charge on any atom is 0.573 e. The van der Waals surface area contributed by atoms with Crippen LogP contribution in [0, 0.1) is 0 Å². The van der Waals surface area contributed by atoms with Gasteiger partial charge in [-0.25, -0.2) is 0 Å². The van der Waals surface area contributed by atoms with Gasteiger partial charge in [-0.3, -0.25) is 9.89 Å². The topological polar surface area (TPSA) is 72.1 Å². The number of hydrogen-bond acceptors (Lipinski definition) is 4. The number of ether oxygens (including phenoxy) is 2. The van der Waals surface area contributed by atoms with E-state index >= 15 is 0 Å². The van der Waals surface area contributed by atoms with Crippen LogP contribution >= 0.6 is 0 Å². The molecule has 1 heterocycles. The SMILES string of the molecule is CC(CN=C(N)Nc1ccc(OC(F)(F)F)cc1)N1CCOCC1. The average molecular weight is 346 g/mol. The normalized spacial score (nSPS) is 18.2. The van der Waals surface area contributed by atoms with Crippen molar-refractivity contribution >= 4 is 11.6 Å². The smallest absolute Gasteiger partial charge is 0.406 e. The van der Waals surface area contributed by atoms with Gasteiger partial charge in [-0.15, -0.1) is 13.2 Å². The Hall–Kier alpha value is -2.00. The van der Waals surface area contributed by atoms with Gasteiger partial charge in [0.2, 0.25) is 0 Å². The van der Waals surface area contributed by atoms with Crippen molar-refractivity contribution in [2.24, 2.45) is 10.7 Å². The number of halogens is 3. The molecule has 0 aromatic heterocycles. The van der Waals surface area contributed by atoms with Crippen LogP contribution in [0.3, 0.4) is 0 Å². The van der Waals surface area contributed by atoms with E-state index in [1.54, 1.807) is 0 Å². The monoisotopic (exact) mass is 346 g/mol. The number of benzene rings is 1. The molecule has 0 spiro atoms.